The Kier molecular flexibility index (Phi) is 5.02. The van der Waals surface area contributed by atoms with E-state index in [4.69, 9.17) is 23.2 Å². The first-order valence-corrected chi connectivity index (χ1v) is 7.80. The molecule has 2 aromatic rings. The summed E-state index contributed by atoms with van der Waals surface area (Å²) in [6.07, 6.45) is 5.64. The molecule has 0 saturated heterocycles. The van der Waals surface area contributed by atoms with Crippen LogP contribution in [0.4, 0.5) is 0 Å². The summed E-state index contributed by atoms with van der Waals surface area (Å²) in [5.74, 6) is -0.175. The first-order chi connectivity index (χ1) is 9.93. The van der Waals surface area contributed by atoms with E-state index in [-0.39, 0.29) is 11.0 Å². The van der Waals surface area contributed by atoms with Crippen molar-refractivity contribution in [1.82, 2.24) is 9.55 Å². The van der Waals surface area contributed by atoms with Gasteiger partial charge in [-0.15, -0.1) is 12.6 Å². The van der Waals surface area contributed by atoms with E-state index in [9.17, 15) is 4.79 Å². The van der Waals surface area contributed by atoms with Crippen LogP contribution in [0.5, 0.6) is 0 Å². The van der Waals surface area contributed by atoms with E-state index in [1.54, 1.807) is 35.4 Å². The number of nitrogens with zero attached hydrogens (tertiary/aromatic N) is 2. The van der Waals surface area contributed by atoms with Crippen LogP contribution in [-0.2, 0) is 10.3 Å². The van der Waals surface area contributed by atoms with E-state index in [1.807, 2.05) is 19.9 Å². The molecule has 1 heterocycles. The number of hydrogen-bond acceptors (Lipinski definition) is 2. The molecule has 0 aliphatic heterocycles. The van der Waals surface area contributed by atoms with Crippen molar-refractivity contribution >= 4 is 40.9 Å². The molecule has 0 aliphatic rings. The lowest BCUT2D eigenvalue weighted by Crippen LogP contribution is -2.43. The van der Waals surface area contributed by atoms with Crippen molar-refractivity contribution in [3.05, 3.63) is 52.5 Å². The molecule has 21 heavy (non-hydrogen) atoms. The van der Waals surface area contributed by atoms with Crippen molar-refractivity contribution in [3.63, 3.8) is 0 Å². The predicted molar refractivity (Wildman–Crippen MR) is 89.4 cm³/mol. The Balaban J connectivity index is 2.58. The highest BCUT2D eigenvalue weighted by atomic mass is 35.5. The smallest absolute Gasteiger partial charge is 0.212 e. The Morgan fingerprint density at radius 3 is 2.67 bits per heavy atom. The average Bonchev–Trinajstić information content (AvgIpc) is 2.94. The summed E-state index contributed by atoms with van der Waals surface area (Å²) >= 11 is 16.4. The zero-order valence-corrected chi connectivity index (χ0v) is 14.2. The van der Waals surface area contributed by atoms with E-state index < -0.39 is 5.54 Å². The van der Waals surface area contributed by atoms with Crippen molar-refractivity contribution in [3.8, 4) is 0 Å². The van der Waals surface area contributed by atoms with Gasteiger partial charge in [0.25, 0.3) is 0 Å². The van der Waals surface area contributed by atoms with Crippen LogP contribution in [0.2, 0.25) is 10.0 Å². The Morgan fingerprint density at radius 1 is 1.48 bits per heavy atom. The maximum atomic E-state index is 12.3. The fourth-order valence-electron chi connectivity index (χ4n) is 2.76. The molecule has 2 atom stereocenters. The highest BCUT2D eigenvalue weighted by molar-refractivity contribution is 7.96. The average molecular weight is 343 g/mol. The molecule has 2 unspecified atom stereocenters. The van der Waals surface area contributed by atoms with Crippen LogP contribution >= 0.6 is 35.8 Å². The van der Waals surface area contributed by atoms with Crippen LogP contribution in [0.15, 0.2) is 36.9 Å². The van der Waals surface area contributed by atoms with Gasteiger partial charge in [-0.3, -0.25) is 4.79 Å². The van der Waals surface area contributed by atoms with Crippen molar-refractivity contribution < 1.29 is 4.79 Å². The summed E-state index contributed by atoms with van der Waals surface area (Å²) in [6.45, 7) is 3.92. The minimum atomic E-state index is -0.836. The number of hydrogen-bond donors (Lipinski definition) is 1. The molecule has 0 fully saturated rings. The lowest BCUT2D eigenvalue weighted by molar-refractivity contribution is -0.119. The fraction of sp³-hybridized carbons (Fsp3) is 0.333. The number of carbonyl (C=O) groups excluding carboxylic acids is 1. The van der Waals surface area contributed by atoms with Crippen LogP contribution in [0.25, 0.3) is 0 Å². The predicted octanol–water partition coefficient (Wildman–Crippen LogP) is 4.56. The molecule has 0 N–H and O–H groups in total. The van der Waals surface area contributed by atoms with Gasteiger partial charge in [-0.1, -0.05) is 43.1 Å². The second kappa shape index (κ2) is 6.42. The topological polar surface area (TPSA) is 34.9 Å². The highest BCUT2D eigenvalue weighted by Crippen LogP contribution is 2.42. The number of rotatable bonds is 5. The molecule has 6 heteroatoms. The third-order valence-corrected chi connectivity index (χ3v) is 4.97. The van der Waals surface area contributed by atoms with E-state index in [2.05, 4.69) is 17.6 Å². The van der Waals surface area contributed by atoms with Gasteiger partial charge >= 0.3 is 0 Å². The van der Waals surface area contributed by atoms with Crippen molar-refractivity contribution in [2.24, 2.45) is 0 Å². The molecule has 0 saturated carbocycles. The summed E-state index contributed by atoms with van der Waals surface area (Å²) in [5.41, 5.74) is 0.0240. The van der Waals surface area contributed by atoms with E-state index >= 15 is 0 Å². The summed E-state index contributed by atoms with van der Waals surface area (Å²) in [4.78, 5) is 16.4. The molecule has 2 rings (SSSR count). The SMILES string of the molecule is CCC(C(=O)S)(C(C)c1ccc(Cl)cc1Cl)n1ccnc1. The fourth-order valence-corrected chi connectivity index (χ4v) is 3.80. The van der Waals surface area contributed by atoms with Gasteiger partial charge in [-0.25, -0.2) is 4.98 Å². The largest absolute Gasteiger partial charge is 0.323 e. The molecular weight excluding hydrogens is 327 g/mol. The molecule has 3 nitrogen and oxygen atoms in total. The van der Waals surface area contributed by atoms with Gasteiger partial charge < -0.3 is 4.57 Å². The number of halogens is 2. The zero-order chi connectivity index (χ0) is 15.6. The monoisotopic (exact) mass is 342 g/mol. The van der Waals surface area contributed by atoms with Gasteiger partial charge in [-0.2, -0.15) is 0 Å². The summed E-state index contributed by atoms with van der Waals surface area (Å²) in [7, 11) is 0. The second-order valence-electron chi connectivity index (χ2n) is 4.94. The number of aromatic nitrogens is 2. The quantitative estimate of drug-likeness (QED) is 0.808. The summed E-state index contributed by atoms with van der Waals surface area (Å²) in [6, 6.07) is 5.32. The molecular formula is C15H16Cl2N2OS. The molecule has 0 bridgehead atoms. The van der Waals surface area contributed by atoms with Gasteiger partial charge in [0.15, 0.2) is 0 Å². The first kappa shape index (κ1) is 16.4. The van der Waals surface area contributed by atoms with Crippen molar-refractivity contribution in [1.29, 1.82) is 0 Å². The first-order valence-electron chi connectivity index (χ1n) is 6.60. The summed E-state index contributed by atoms with van der Waals surface area (Å²) in [5, 5.41) is 0.891. The van der Waals surface area contributed by atoms with Crippen LogP contribution in [-0.4, -0.2) is 14.7 Å². The Bertz CT molecular complexity index is 645. The van der Waals surface area contributed by atoms with Gasteiger partial charge in [0.1, 0.15) is 5.54 Å². The molecule has 112 valence electrons. The normalized spacial score (nSPS) is 15.5. The Morgan fingerprint density at radius 2 is 2.19 bits per heavy atom. The van der Waals surface area contributed by atoms with Crippen molar-refractivity contribution in [2.45, 2.75) is 31.7 Å². The van der Waals surface area contributed by atoms with Gasteiger partial charge in [-0.05, 0) is 24.1 Å². The lowest BCUT2D eigenvalue weighted by atomic mass is 9.79. The second-order valence-corrected chi connectivity index (χ2v) is 6.19. The van der Waals surface area contributed by atoms with Crippen LogP contribution in [0.1, 0.15) is 31.7 Å². The molecule has 0 aliphatic carbocycles. The van der Waals surface area contributed by atoms with Crippen LogP contribution in [0.3, 0.4) is 0 Å². The van der Waals surface area contributed by atoms with Gasteiger partial charge in [0.2, 0.25) is 5.12 Å². The van der Waals surface area contributed by atoms with E-state index in [1.165, 1.54) is 0 Å². The highest BCUT2D eigenvalue weighted by Gasteiger charge is 2.43. The number of carbonyl (C=O) groups is 1. The molecule has 1 aromatic carbocycles. The van der Waals surface area contributed by atoms with Crippen LogP contribution in [0, 0.1) is 0 Å². The number of benzene rings is 1. The number of thiol groups is 1. The lowest BCUT2D eigenvalue weighted by Gasteiger charge is -2.37. The minimum absolute atomic E-state index is 0.175. The van der Waals surface area contributed by atoms with Gasteiger partial charge in [0.05, 0.1) is 6.33 Å². The third kappa shape index (κ3) is 2.85. The summed E-state index contributed by atoms with van der Waals surface area (Å²) < 4.78 is 1.80. The minimum Gasteiger partial charge on any atom is -0.323 e. The molecule has 1 aromatic heterocycles. The molecule has 0 radical (unpaired) electrons. The molecule has 0 amide bonds. The van der Waals surface area contributed by atoms with Gasteiger partial charge in [0, 0.05) is 28.4 Å². The maximum absolute atomic E-state index is 12.3. The standard InChI is InChI=1S/C15H16Cl2N2OS/c1-3-15(14(20)21,19-7-6-18-9-19)10(2)12-5-4-11(16)8-13(12)17/h4-10H,3H2,1-2H3,(H,20,21). The Labute approximate surface area is 139 Å². The van der Waals surface area contributed by atoms with Crippen LogP contribution < -0.4 is 0 Å². The number of imidazole rings is 1. The molecule has 0 spiro atoms. The van der Waals surface area contributed by atoms with Crippen molar-refractivity contribution in [2.75, 3.05) is 0 Å². The zero-order valence-electron chi connectivity index (χ0n) is 11.8. The van der Waals surface area contributed by atoms with E-state index in [0.29, 0.717) is 16.5 Å². The van der Waals surface area contributed by atoms with E-state index in [0.717, 1.165) is 5.56 Å². The maximum Gasteiger partial charge on any atom is 0.212 e. The Hall–Kier alpha value is -0.970. The third-order valence-electron chi connectivity index (χ3n) is 4.02.